The maximum absolute atomic E-state index is 13.7. The Kier molecular flexibility index (Phi) is 6.41. The van der Waals surface area contributed by atoms with Crippen molar-refractivity contribution < 1.29 is 14.3 Å². The minimum absolute atomic E-state index is 0.133. The molecular weight excluding hydrogens is 458 g/mol. The fourth-order valence-corrected chi connectivity index (χ4v) is 4.82. The Bertz CT molecular complexity index is 1410. The predicted molar refractivity (Wildman–Crippen MR) is 139 cm³/mol. The van der Waals surface area contributed by atoms with Gasteiger partial charge in [0.2, 0.25) is 0 Å². The van der Waals surface area contributed by atoms with Gasteiger partial charge in [-0.25, -0.2) is 4.98 Å². The Balaban J connectivity index is 1.53. The third-order valence-corrected chi connectivity index (χ3v) is 6.70. The second-order valence-electron chi connectivity index (χ2n) is 7.87. The van der Waals surface area contributed by atoms with E-state index >= 15 is 0 Å². The molecule has 0 spiro atoms. The van der Waals surface area contributed by atoms with Crippen molar-refractivity contribution in [2.75, 3.05) is 19.1 Å². The van der Waals surface area contributed by atoms with Crippen LogP contribution in [0.1, 0.15) is 15.9 Å². The number of aromatic nitrogens is 2. The van der Waals surface area contributed by atoms with Crippen LogP contribution >= 0.6 is 11.3 Å². The molecule has 35 heavy (non-hydrogen) atoms. The van der Waals surface area contributed by atoms with E-state index in [-0.39, 0.29) is 5.91 Å². The van der Waals surface area contributed by atoms with E-state index in [0.717, 1.165) is 26.9 Å². The fraction of sp³-hybridized carbons (Fsp3) is 0.107. The number of amides is 1. The summed E-state index contributed by atoms with van der Waals surface area (Å²) in [6.07, 6.45) is 3.48. The molecule has 0 fully saturated rings. The SMILES string of the molecule is COc1cc2nc(N(Cc3cccnc3)C(=O)c3ccc(-c4ccccc4)cc3)sc2cc1OC. The van der Waals surface area contributed by atoms with Crippen molar-refractivity contribution >= 4 is 32.6 Å². The number of nitrogens with zero attached hydrogens (tertiary/aromatic N) is 3. The molecule has 6 nitrogen and oxygen atoms in total. The van der Waals surface area contributed by atoms with E-state index in [9.17, 15) is 4.79 Å². The third kappa shape index (κ3) is 4.72. The third-order valence-electron chi connectivity index (χ3n) is 5.66. The first-order chi connectivity index (χ1) is 17.2. The molecule has 0 aliphatic rings. The van der Waals surface area contributed by atoms with Crippen molar-refractivity contribution in [1.82, 2.24) is 9.97 Å². The van der Waals surface area contributed by atoms with Gasteiger partial charge in [0.05, 0.1) is 31.0 Å². The van der Waals surface area contributed by atoms with Gasteiger partial charge in [-0.05, 0) is 34.9 Å². The number of ether oxygens (including phenoxy) is 2. The Morgan fingerprint density at radius 1 is 0.886 bits per heavy atom. The topological polar surface area (TPSA) is 64.5 Å². The molecule has 2 heterocycles. The smallest absolute Gasteiger partial charge is 0.260 e. The molecule has 3 aromatic carbocycles. The molecule has 0 aliphatic heterocycles. The van der Waals surface area contributed by atoms with Gasteiger partial charge in [-0.1, -0.05) is 59.9 Å². The van der Waals surface area contributed by atoms with E-state index in [4.69, 9.17) is 14.5 Å². The van der Waals surface area contributed by atoms with Gasteiger partial charge in [-0.3, -0.25) is 14.7 Å². The van der Waals surface area contributed by atoms with Gasteiger partial charge in [0.1, 0.15) is 0 Å². The molecule has 1 amide bonds. The summed E-state index contributed by atoms with van der Waals surface area (Å²) in [5, 5.41) is 0.594. The molecule has 7 heteroatoms. The van der Waals surface area contributed by atoms with Crippen LogP contribution in [0.25, 0.3) is 21.3 Å². The highest BCUT2D eigenvalue weighted by molar-refractivity contribution is 7.22. The monoisotopic (exact) mass is 481 g/mol. The normalized spacial score (nSPS) is 10.8. The molecule has 0 unspecified atom stereocenters. The number of hydrogen-bond donors (Lipinski definition) is 0. The van der Waals surface area contributed by atoms with E-state index in [2.05, 4.69) is 17.1 Å². The van der Waals surface area contributed by atoms with Gasteiger partial charge in [-0.2, -0.15) is 0 Å². The van der Waals surface area contributed by atoms with Crippen LogP contribution in [0.15, 0.2) is 91.3 Å². The molecule has 2 aromatic heterocycles. The molecule has 0 N–H and O–H groups in total. The number of carbonyl (C=O) groups is 1. The maximum Gasteiger partial charge on any atom is 0.260 e. The van der Waals surface area contributed by atoms with Gasteiger partial charge in [0, 0.05) is 30.1 Å². The van der Waals surface area contributed by atoms with Crippen molar-refractivity contribution in [2.24, 2.45) is 0 Å². The number of methoxy groups -OCH3 is 2. The number of fused-ring (bicyclic) bond motifs is 1. The van der Waals surface area contributed by atoms with Crippen LogP contribution in [0.2, 0.25) is 0 Å². The van der Waals surface area contributed by atoms with E-state index < -0.39 is 0 Å². The van der Waals surface area contributed by atoms with Gasteiger partial charge in [0.25, 0.3) is 5.91 Å². The zero-order valence-corrected chi connectivity index (χ0v) is 20.2. The predicted octanol–water partition coefficient (Wildman–Crippen LogP) is 6.22. The number of benzene rings is 3. The standard InChI is InChI=1S/C28H23N3O3S/c1-33-24-15-23-26(16-25(24)34-2)35-28(30-23)31(18-19-7-6-14-29-17-19)27(32)22-12-10-21(11-13-22)20-8-4-3-5-9-20/h3-17H,18H2,1-2H3. The Morgan fingerprint density at radius 2 is 1.60 bits per heavy atom. The molecule has 5 aromatic rings. The van der Waals surface area contributed by atoms with E-state index in [1.807, 2.05) is 66.7 Å². The quantitative estimate of drug-likeness (QED) is 0.276. The summed E-state index contributed by atoms with van der Waals surface area (Å²) >= 11 is 1.43. The number of rotatable bonds is 7. The summed E-state index contributed by atoms with van der Waals surface area (Å²) in [6.45, 7) is 0.348. The van der Waals surface area contributed by atoms with E-state index in [1.54, 1.807) is 31.5 Å². The van der Waals surface area contributed by atoms with Gasteiger partial charge in [-0.15, -0.1) is 0 Å². The number of pyridine rings is 1. The summed E-state index contributed by atoms with van der Waals surface area (Å²) < 4.78 is 11.8. The van der Waals surface area contributed by atoms with E-state index in [1.165, 1.54) is 11.3 Å². The summed E-state index contributed by atoms with van der Waals surface area (Å²) in [6, 6.07) is 25.3. The lowest BCUT2D eigenvalue weighted by Crippen LogP contribution is -2.30. The zero-order chi connectivity index (χ0) is 24.2. The molecule has 0 aliphatic carbocycles. The number of hydrogen-bond acceptors (Lipinski definition) is 6. The zero-order valence-electron chi connectivity index (χ0n) is 19.3. The van der Waals surface area contributed by atoms with Crippen molar-refractivity contribution in [3.05, 3.63) is 102 Å². The van der Waals surface area contributed by atoms with Crippen molar-refractivity contribution in [1.29, 1.82) is 0 Å². The summed E-state index contributed by atoms with van der Waals surface area (Å²) in [5.74, 6) is 1.08. The number of carbonyl (C=O) groups excluding carboxylic acids is 1. The highest BCUT2D eigenvalue weighted by Gasteiger charge is 2.23. The lowest BCUT2D eigenvalue weighted by Gasteiger charge is -2.20. The highest BCUT2D eigenvalue weighted by atomic mass is 32.1. The van der Waals surface area contributed by atoms with Gasteiger partial charge < -0.3 is 9.47 Å². The van der Waals surface area contributed by atoms with Crippen LogP contribution in [-0.4, -0.2) is 30.1 Å². The molecular formula is C28H23N3O3S. The molecule has 5 rings (SSSR count). The van der Waals surface area contributed by atoms with Crippen LogP contribution in [0.3, 0.4) is 0 Å². The largest absolute Gasteiger partial charge is 0.493 e. The summed E-state index contributed by atoms with van der Waals surface area (Å²) in [7, 11) is 3.19. The average molecular weight is 482 g/mol. The molecule has 0 bridgehead atoms. The Labute approximate surface area is 207 Å². The minimum atomic E-state index is -0.133. The lowest BCUT2D eigenvalue weighted by molar-refractivity contribution is 0.0985. The molecule has 0 saturated heterocycles. The first-order valence-corrected chi connectivity index (χ1v) is 11.9. The Hall–Kier alpha value is -4.23. The highest BCUT2D eigenvalue weighted by Crippen LogP contribution is 2.38. The first-order valence-electron chi connectivity index (χ1n) is 11.0. The van der Waals surface area contributed by atoms with Crippen molar-refractivity contribution in [3.8, 4) is 22.6 Å². The molecule has 0 atom stereocenters. The number of thiazole rings is 1. The van der Waals surface area contributed by atoms with Gasteiger partial charge in [0.15, 0.2) is 16.6 Å². The minimum Gasteiger partial charge on any atom is -0.493 e. The first kappa shape index (κ1) is 22.6. The fourth-order valence-electron chi connectivity index (χ4n) is 3.85. The van der Waals surface area contributed by atoms with Crippen molar-refractivity contribution in [3.63, 3.8) is 0 Å². The lowest BCUT2D eigenvalue weighted by atomic mass is 10.0. The second-order valence-corrected chi connectivity index (χ2v) is 8.88. The molecule has 0 saturated carbocycles. The second kappa shape index (κ2) is 9.95. The summed E-state index contributed by atoms with van der Waals surface area (Å²) in [4.78, 5) is 24.4. The van der Waals surface area contributed by atoms with Crippen molar-refractivity contribution in [2.45, 2.75) is 6.54 Å². The summed E-state index contributed by atoms with van der Waals surface area (Å²) in [5.41, 5.74) is 4.40. The molecule has 0 radical (unpaired) electrons. The van der Waals surface area contributed by atoms with Crippen LogP contribution in [0.4, 0.5) is 5.13 Å². The van der Waals surface area contributed by atoms with Gasteiger partial charge >= 0.3 is 0 Å². The average Bonchev–Trinajstić information content (AvgIpc) is 3.34. The maximum atomic E-state index is 13.7. The van der Waals surface area contributed by atoms with E-state index in [0.29, 0.717) is 28.7 Å². The van der Waals surface area contributed by atoms with Crippen LogP contribution in [0, 0.1) is 0 Å². The van der Waals surface area contributed by atoms with Crippen LogP contribution in [-0.2, 0) is 6.54 Å². The van der Waals surface area contributed by atoms with Crippen LogP contribution < -0.4 is 14.4 Å². The number of anilines is 1. The van der Waals surface area contributed by atoms with Crippen LogP contribution in [0.5, 0.6) is 11.5 Å². The Morgan fingerprint density at radius 3 is 2.29 bits per heavy atom. The molecule has 174 valence electrons.